The molecule has 0 N–H and O–H groups in total. The molecule has 2 amide bonds. The van der Waals surface area contributed by atoms with Crippen LogP contribution in [0.15, 0.2) is 42.5 Å². The largest absolute Gasteiger partial charge is 0.269 e. The molecule has 2 aromatic rings. The molecule has 1 heterocycles. The lowest BCUT2D eigenvalue weighted by molar-refractivity contribution is -0.119. The first-order valence-electron chi connectivity index (χ1n) is 6.71. The topological polar surface area (TPSA) is 37.4 Å². The van der Waals surface area contributed by atoms with Crippen molar-refractivity contribution in [2.45, 2.75) is 20.3 Å². The van der Waals surface area contributed by atoms with Gasteiger partial charge < -0.3 is 0 Å². The molecule has 0 saturated carbocycles. The van der Waals surface area contributed by atoms with Crippen molar-refractivity contribution < 1.29 is 9.59 Å². The van der Waals surface area contributed by atoms with Gasteiger partial charge in [0.2, 0.25) is 0 Å². The molecule has 1 aliphatic rings. The van der Waals surface area contributed by atoms with Gasteiger partial charge in [-0.2, -0.15) is 0 Å². The number of benzene rings is 2. The van der Waals surface area contributed by atoms with Crippen LogP contribution in [-0.2, 0) is 16.0 Å². The second-order valence-corrected chi connectivity index (χ2v) is 4.95. The third-order valence-electron chi connectivity index (χ3n) is 3.72. The fraction of sp³-hybridized carbons (Fsp3) is 0.176. The fourth-order valence-electron chi connectivity index (χ4n) is 2.77. The van der Waals surface area contributed by atoms with E-state index in [0.29, 0.717) is 0 Å². The Morgan fingerprint density at radius 3 is 2.20 bits per heavy atom. The van der Waals surface area contributed by atoms with Crippen molar-refractivity contribution in [3.8, 4) is 0 Å². The molecular formula is C17H15NO2. The zero-order valence-electron chi connectivity index (χ0n) is 11.5. The van der Waals surface area contributed by atoms with Gasteiger partial charge in [0.15, 0.2) is 0 Å². The molecule has 0 aliphatic carbocycles. The minimum Gasteiger partial charge on any atom is -0.269 e. The molecule has 3 heteroatoms. The minimum atomic E-state index is -0.265. The molecule has 0 atom stereocenters. The highest BCUT2D eigenvalue weighted by atomic mass is 16.2. The van der Waals surface area contributed by atoms with E-state index in [9.17, 15) is 9.59 Å². The molecule has 2 aromatic carbocycles. The Morgan fingerprint density at radius 2 is 1.60 bits per heavy atom. The van der Waals surface area contributed by atoms with Gasteiger partial charge in [0.25, 0.3) is 11.8 Å². The third kappa shape index (κ3) is 1.74. The Bertz CT molecular complexity index is 741. The van der Waals surface area contributed by atoms with Crippen molar-refractivity contribution in [2.75, 3.05) is 4.90 Å². The quantitative estimate of drug-likeness (QED) is 0.782. The highest BCUT2D eigenvalue weighted by molar-refractivity contribution is 6.30. The Kier molecular flexibility index (Phi) is 2.90. The van der Waals surface area contributed by atoms with Crippen LogP contribution in [0.4, 0.5) is 5.69 Å². The van der Waals surface area contributed by atoms with Gasteiger partial charge in [-0.15, -0.1) is 0 Å². The summed E-state index contributed by atoms with van der Waals surface area (Å²) in [5.41, 5.74) is 2.91. The number of amides is 2. The fourth-order valence-corrected chi connectivity index (χ4v) is 2.77. The first-order valence-corrected chi connectivity index (χ1v) is 6.71. The number of carbonyl (C=O) groups is 2. The summed E-state index contributed by atoms with van der Waals surface area (Å²) in [7, 11) is 0. The maximum atomic E-state index is 12.0. The monoisotopic (exact) mass is 265 g/mol. The molecule has 20 heavy (non-hydrogen) atoms. The molecule has 0 spiro atoms. The van der Waals surface area contributed by atoms with Crippen LogP contribution in [0.1, 0.15) is 18.1 Å². The van der Waals surface area contributed by atoms with E-state index in [-0.39, 0.29) is 11.8 Å². The van der Waals surface area contributed by atoms with Gasteiger partial charge in [0.05, 0.1) is 5.69 Å². The number of anilines is 1. The van der Waals surface area contributed by atoms with Gasteiger partial charge in [-0.25, -0.2) is 4.90 Å². The number of rotatable bonds is 2. The van der Waals surface area contributed by atoms with E-state index in [0.717, 1.165) is 34.0 Å². The number of nitrogens with zero attached hydrogens (tertiary/aromatic N) is 1. The van der Waals surface area contributed by atoms with Crippen molar-refractivity contribution in [3.05, 3.63) is 53.6 Å². The average molecular weight is 265 g/mol. The van der Waals surface area contributed by atoms with E-state index in [4.69, 9.17) is 0 Å². The number of imide groups is 1. The van der Waals surface area contributed by atoms with Gasteiger partial charge >= 0.3 is 0 Å². The lowest BCUT2D eigenvalue weighted by atomic mass is 9.97. The lowest BCUT2D eigenvalue weighted by Gasteiger charge is -2.21. The Labute approximate surface area is 117 Å². The van der Waals surface area contributed by atoms with E-state index in [1.54, 1.807) is 0 Å². The predicted octanol–water partition coefficient (Wildman–Crippen LogP) is 3.14. The van der Waals surface area contributed by atoms with Crippen LogP contribution in [0, 0.1) is 6.92 Å². The summed E-state index contributed by atoms with van der Waals surface area (Å²) in [5, 5.41) is 2.03. The smallest absolute Gasteiger partial charge is 0.258 e. The third-order valence-corrected chi connectivity index (χ3v) is 3.72. The molecule has 0 fully saturated rings. The van der Waals surface area contributed by atoms with Gasteiger partial charge in [0, 0.05) is 17.5 Å². The SMILES string of the molecule is CCc1cc(C)c2ccccc2c1N1C(=O)C=CC1=O. The van der Waals surface area contributed by atoms with Gasteiger partial charge in [0.1, 0.15) is 0 Å². The van der Waals surface area contributed by atoms with Crippen molar-refractivity contribution in [2.24, 2.45) is 0 Å². The van der Waals surface area contributed by atoms with Crippen molar-refractivity contribution in [1.82, 2.24) is 0 Å². The molecule has 0 bridgehead atoms. The van der Waals surface area contributed by atoms with Crippen LogP contribution in [-0.4, -0.2) is 11.8 Å². The van der Waals surface area contributed by atoms with E-state index >= 15 is 0 Å². The second kappa shape index (κ2) is 4.60. The summed E-state index contributed by atoms with van der Waals surface area (Å²) in [4.78, 5) is 25.3. The standard InChI is InChI=1S/C17H15NO2/c1-3-12-10-11(2)13-6-4-5-7-14(13)17(12)18-15(19)8-9-16(18)20/h4-10H,3H2,1-2H3. The van der Waals surface area contributed by atoms with Crippen LogP contribution in [0.25, 0.3) is 10.8 Å². The summed E-state index contributed by atoms with van der Waals surface area (Å²) in [6.07, 6.45) is 3.44. The van der Waals surface area contributed by atoms with Gasteiger partial charge in [-0.05, 0) is 29.9 Å². The van der Waals surface area contributed by atoms with Crippen LogP contribution in [0.2, 0.25) is 0 Å². The first kappa shape index (κ1) is 12.6. The van der Waals surface area contributed by atoms with Crippen LogP contribution in [0.3, 0.4) is 0 Å². The minimum absolute atomic E-state index is 0.265. The molecule has 0 saturated heterocycles. The molecule has 0 aromatic heterocycles. The molecule has 3 rings (SSSR count). The second-order valence-electron chi connectivity index (χ2n) is 4.95. The normalized spacial score (nSPS) is 14.6. The maximum Gasteiger partial charge on any atom is 0.258 e. The number of fused-ring (bicyclic) bond motifs is 1. The van der Waals surface area contributed by atoms with Crippen LogP contribution in [0.5, 0.6) is 0 Å². The summed E-state index contributed by atoms with van der Waals surface area (Å²) >= 11 is 0. The van der Waals surface area contributed by atoms with Crippen molar-refractivity contribution in [3.63, 3.8) is 0 Å². The number of aryl methyl sites for hydroxylation is 2. The lowest BCUT2D eigenvalue weighted by Crippen LogP contribution is -2.30. The molecule has 100 valence electrons. The van der Waals surface area contributed by atoms with E-state index in [1.165, 1.54) is 17.1 Å². The zero-order valence-corrected chi connectivity index (χ0v) is 11.5. The highest BCUT2D eigenvalue weighted by Gasteiger charge is 2.28. The Morgan fingerprint density at radius 1 is 1.00 bits per heavy atom. The Hall–Kier alpha value is -2.42. The molecular weight excluding hydrogens is 250 g/mol. The highest BCUT2D eigenvalue weighted by Crippen LogP contribution is 2.35. The number of carbonyl (C=O) groups excluding carboxylic acids is 2. The number of hydrogen-bond acceptors (Lipinski definition) is 2. The Balaban J connectivity index is 2.36. The molecule has 0 unspecified atom stereocenters. The molecule has 0 radical (unpaired) electrons. The van der Waals surface area contributed by atoms with Gasteiger partial charge in [-0.1, -0.05) is 37.3 Å². The van der Waals surface area contributed by atoms with E-state index < -0.39 is 0 Å². The average Bonchev–Trinajstić information content (AvgIpc) is 2.78. The predicted molar refractivity (Wildman–Crippen MR) is 79.7 cm³/mol. The summed E-state index contributed by atoms with van der Waals surface area (Å²) < 4.78 is 0. The first-order chi connectivity index (χ1) is 9.63. The van der Waals surface area contributed by atoms with Crippen LogP contribution < -0.4 is 4.90 Å². The van der Waals surface area contributed by atoms with Crippen LogP contribution >= 0.6 is 0 Å². The van der Waals surface area contributed by atoms with Gasteiger partial charge in [-0.3, -0.25) is 9.59 Å². The molecule has 3 nitrogen and oxygen atoms in total. The maximum absolute atomic E-state index is 12.0. The summed E-state index contributed by atoms with van der Waals surface area (Å²) in [6, 6.07) is 9.96. The van der Waals surface area contributed by atoms with Crippen molar-refractivity contribution >= 4 is 28.3 Å². The molecule has 1 aliphatic heterocycles. The summed E-state index contributed by atoms with van der Waals surface area (Å²) in [5.74, 6) is -0.530. The zero-order chi connectivity index (χ0) is 14.3. The number of hydrogen-bond donors (Lipinski definition) is 0. The van der Waals surface area contributed by atoms with Crippen molar-refractivity contribution in [1.29, 1.82) is 0 Å². The summed E-state index contributed by atoms with van der Waals surface area (Å²) in [6.45, 7) is 4.09. The van der Waals surface area contributed by atoms with E-state index in [1.807, 2.05) is 31.2 Å². The van der Waals surface area contributed by atoms with E-state index in [2.05, 4.69) is 13.0 Å².